The maximum atomic E-state index is 12.7. The minimum atomic E-state index is -3.50. The molecule has 1 atom stereocenters. The molecule has 0 spiro atoms. The van der Waals surface area contributed by atoms with E-state index in [4.69, 9.17) is 0 Å². The van der Waals surface area contributed by atoms with Crippen molar-refractivity contribution in [3.63, 3.8) is 0 Å². The van der Waals surface area contributed by atoms with Gasteiger partial charge in [0.15, 0.2) is 0 Å². The summed E-state index contributed by atoms with van der Waals surface area (Å²) in [5, 5.41) is 2.87. The molecule has 0 saturated carbocycles. The van der Waals surface area contributed by atoms with Gasteiger partial charge in [0.1, 0.15) is 6.04 Å². The van der Waals surface area contributed by atoms with E-state index < -0.39 is 16.1 Å². The number of nitrogens with zero attached hydrogens (tertiary/aromatic N) is 1. The van der Waals surface area contributed by atoms with Crippen LogP contribution in [0.15, 0.2) is 54.6 Å². The van der Waals surface area contributed by atoms with Crippen LogP contribution in [0, 0.1) is 6.92 Å². The molecule has 0 fully saturated rings. The highest BCUT2D eigenvalue weighted by molar-refractivity contribution is 7.88. The molecule has 0 heterocycles. The van der Waals surface area contributed by atoms with Gasteiger partial charge in [-0.15, -0.1) is 0 Å². The van der Waals surface area contributed by atoms with Gasteiger partial charge in [0.25, 0.3) is 0 Å². The van der Waals surface area contributed by atoms with Gasteiger partial charge in [0, 0.05) is 13.6 Å². The molecule has 2 aromatic carbocycles. The Hall–Kier alpha value is -2.18. The number of benzene rings is 2. The van der Waals surface area contributed by atoms with Gasteiger partial charge in [-0.1, -0.05) is 60.2 Å². The van der Waals surface area contributed by atoms with Crippen molar-refractivity contribution in [2.24, 2.45) is 0 Å². The van der Waals surface area contributed by atoms with Crippen molar-refractivity contribution in [2.45, 2.75) is 25.8 Å². The summed E-state index contributed by atoms with van der Waals surface area (Å²) in [5.74, 6) is -0.312. The van der Waals surface area contributed by atoms with Gasteiger partial charge in [-0.05, 0) is 30.9 Å². The molecule has 140 valence electrons. The molecule has 5 nitrogen and oxygen atoms in total. The molecule has 0 unspecified atom stereocenters. The Kier molecular flexibility index (Phi) is 6.94. The number of aryl methyl sites for hydroxylation is 2. The Morgan fingerprint density at radius 1 is 1.12 bits per heavy atom. The Morgan fingerprint density at radius 2 is 1.81 bits per heavy atom. The van der Waals surface area contributed by atoms with Crippen molar-refractivity contribution in [2.75, 3.05) is 19.8 Å². The van der Waals surface area contributed by atoms with Gasteiger partial charge in [0.05, 0.1) is 6.26 Å². The van der Waals surface area contributed by atoms with Crippen LogP contribution in [0.4, 0.5) is 0 Å². The van der Waals surface area contributed by atoms with E-state index in [1.54, 1.807) is 24.3 Å². The van der Waals surface area contributed by atoms with Crippen molar-refractivity contribution in [1.82, 2.24) is 9.62 Å². The van der Waals surface area contributed by atoms with Crippen molar-refractivity contribution in [3.8, 4) is 0 Å². The molecule has 0 radical (unpaired) electrons. The summed E-state index contributed by atoms with van der Waals surface area (Å²) >= 11 is 0. The van der Waals surface area contributed by atoms with Crippen LogP contribution >= 0.6 is 0 Å². The van der Waals surface area contributed by atoms with E-state index in [0.29, 0.717) is 12.1 Å². The molecule has 0 bridgehead atoms. The third kappa shape index (κ3) is 5.68. The fourth-order valence-electron chi connectivity index (χ4n) is 2.82. The zero-order valence-corrected chi connectivity index (χ0v) is 16.3. The molecule has 1 N–H and O–H groups in total. The monoisotopic (exact) mass is 374 g/mol. The van der Waals surface area contributed by atoms with Crippen molar-refractivity contribution >= 4 is 15.9 Å². The second-order valence-corrected chi connectivity index (χ2v) is 8.52. The lowest BCUT2D eigenvalue weighted by molar-refractivity contribution is -0.124. The minimum absolute atomic E-state index is 0.312. The molecule has 2 aromatic rings. The van der Waals surface area contributed by atoms with E-state index in [-0.39, 0.29) is 5.91 Å². The standard InChI is InChI=1S/C20H26N2O3S/c1-16-9-7-10-17(15-16)11-8-14-21-20(23)19(22(2)26(3,24)25)18-12-5-4-6-13-18/h4-7,9-10,12-13,15,19H,8,11,14H2,1-3H3,(H,21,23)/t19-/m0/s1. The number of likely N-dealkylation sites (N-methyl/N-ethyl adjacent to an activating group) is 1. The first kappa shape index (κ1) is 20.1. The van der Waals surface area contributed by atoms with Crippen LogP contribution in [-0.2, 0) is 21.2 Å². The van der Waals surface area contributed by atoms with Gasteiger partial charge in [0.2, 0.25) is 15.9 Å². The zero-order valence-electron chi connectivity index (χ0n) is 15.5. The average Bonchev–Trinajstić information content (AvgIpc) is 2.59. The predicted octanol–water partition coefficient (Wildman–Crippen LogP) is 2.68. The molecule has 6 heteroatoms. The minimum Gasteiger partial charge on any atom is -0.354 e. The highest BCUT2D eigenvalue weighted by Crippen LogP contribution is 2.21. The molecule has 2 rings (SSSR count). The summed E-state index contributed by atoms with van der Waals surface area (Å²) in [4.78, 5) is 12.7. The fraction of sp³-hybridized carbons (Fsp3) is 0.350. The van der Waals surface area contributed by atoms with Crippen LogP contribution in [0.25, 0.3) is 0 Å². The fourth-order valence-corrected chi connectivity index (χ4v) is 3.42. The average molecular weight is 375 g/mol. The molecular weight excluding hydrogens is 348 g/mol. The van der Waals surface area contributed by atoms with E-state index in [9.17, 15) is 13.2 Å². The summed E-state index contributed by atoms with van der Waals surface area (Å²) in [7, 11) is -2.07. The first-order chi connectivity index (χ1) is 12.3. The number of amides is 1. The zero-order chi connectivity index (χ0) is 19.2. The predicted molar refractivity (Wildman–Crippen MR) is 104 cm³/mol. The molecular formula is C20H26N2O3S. The molecule has 0 aliphatic carbocycles. The summed E-state index contributed by atoms with van der Waals surface area (Å²) in [5.41, 5.74) is 3.09. The number of nitrogens with one attached hydrogen (secondary N) is 1. The molecule has 26 heavy (non-hydrogen) atoms. The lowest BCUT2D eigenvalue weighted by Crippen LogP contribution is -2.41. The molecule has 0 aromatic heterocycles. The summed E-state index contributed by atoms with van der Waals surface area (Å²) in [6.07, 6.45) is 2.76. The van der Waals surface area contributed by atoms with Crippen molar-refractivity contribution in [1.29, 1.82) is 0 Å². The lowest BCUT2D eigenvalue weighted by atomic mass is 10.1. The number of sulfonamides is 1. The lowest BCUT2D eigenvalue weighted by Gasteiger charge is -2.25. The van der Waals surface area contributed by atoms with Crippen LogP contribution in [0.1, 0.15) is 29.2 Å². The van der Waals surface area contributed by atoms with E-state index in [0.717, 1.165) is 23.4 Å². The van der Waals surface area contributed by atoms with Crippen LogP contribution in [0.2, 0.25) is 0 Å². The maximum absolute atomic E-state index is 12.7. The Bertz CT molecular complexity index is 835. The maximum Gasteiger partial charge on any atom is 0.242 e. The number of rotatable bonds is 8. The molecule has 0 saturated heterocycles. The molecule has 1 amide bonds. The third-order valence-electron chi connectivity index (χ3n) is 4.27. The van der Waals surface area contributed by atoms with Crippen LogP contribution in [-0.4, -0.2) is 38.5 Å². The van der Waals surface area contributed by atoms with Gasteiger partial charge in [-0.3, -0.25) is 4.79 Å². The normalized spacial score (nSPS) is 12.8. The topological polar surface area (TPSA) is 66.5 Å². The number of carbonyl (C=O) groups is 1. The summed E-state index contributed by atoms with van der Waals surface area (Å²) in [6, 6.07) is 16.4. The van der Waals surface area contributed by atoms with Crippen LogP contribution in [0.3, 0.4) is 0 Å². The van der Waals surface area contributed by atoms with Gasteiger partial charge in [-0.25, -0.2) is 8.42 Å². The SMILES string of the molecule is Cc1cccc(CCCNC(=O)[C@H](c2ccccc2)N(C)S(C)(=O)=O)c1. The molecule has 0 aliphatic rings. The Morgan fingerprint density at radius 3 is 2.42 bits per heavy atom. The van der Waals surface area contributed by atoms with E-state index in [2.05, 4.69) is 30.4 Å². The Labute approximate surface area is 156 Å². The number of hydrogen-bond donors (Lipinski definition) is 1. The first-order valence-corrected chi connectivity index (χ1v) is 10.4. The highest BCUT2D eigenvalue weighted by atomic mass is 32.2. The van der Waals surface area contributed by atoms with E-state index >= 15 is 0 Å². The molecule has 0 aliphatic heterocycles. The smallest absolute Gasteiger partial charge is 0.242 e. The third-order valence-corrected chi connectivity index (χ3v) is 5.53. The Balaban J connectivity index is 2.00. The summed E-state index contributed by atoms with van der Waals surface area (Å²) < 4.78 is 25.0. The van der Waals surface area contributed by atoms with Gasteiger partial charge in [-0.2, -0.15) is 4.31 Å². The van der Waals surface area contributed by atoms with E-state index in [1.165, 1.54) is 18.2 Å². The largest absolute Gasteiger partial charge is 0.354 e. The van der Waals surface area contributed by atoms with Crippen LogP contribution < -0.4 is 5.32 Å². The number of carbonyl (C=O) groups excluding carboxylic acids is 1. The summed E-state index contributed by atoms with van der Waals surface area (Å²) in [6.45, 7) is 2.55. The highest BCUT2D eigenvalue weighted by Gasteiger charge is 2.30. The second kappa shape index (κ2) is 8.96. The second-order valence-electron chi connectivity index (χ2n) is 6.48. The van der Waals surface area contributed by atoms with Crippen molar-refractivity contribution in [3.05, 3.63) is 71.3 Å². The number of hydrogen-bond acceptors (Lipinski definition) is 3. The van der Waals surface area contributed by atoms with Crippen molar-refractivity contribution < 1.29 is 13.2 Å². The van der Waals surface area contributed by atoms with Gasteiger partial charge >= 0.3 is 0 Å². The first-order valence-electron chi connectivity index (χ1n) is 8.60. The quantitative estimate of drug-likeness (QED) is 0.723. The van der Waals surface area contributed by atoms with Gasteiger partial charge < -0.3 is 5.32 Å². The van der Waals surface area contributed by atoms with Crippen LogP contribution in [0.5, 0.6) is 0 Å². The van der Waals surface area contributed by atoms with E-state index in [1.807, 2.05) is 12.1 Å².